The zero-order valence-corrected chi connectivity index (χ0v) is 20.6. The molecule has 5 rings (SSSR count). The van der Waals surface area contributed by atoms with Crippen molar-refractivity contribution in [3.05, 3.63) is 41.7 Å². The highest BCUT2D eigenvalue weighted by Crippen LogP contribution is 2.45. The van der Waals surface area contributed by atoms with Crippen molar-refractivity contribution in [2.24, 2.45) is 0 Å². The molecule has 184 valence electrons. The summed E-state index contributed by atoms with van der Waals surface area (Å²) in [4.78, 5) is 23.0. The Labute approximate surface area is 208 Å². The Hall–Kier alpha value is -3.46. The second-order valence-electron chi connectivity index (χ2n) is 9.44. The molecule has 1 aromatic heterocycles. The molecule has 0 bridgehead atoms. The molecule has 3 heterocycles. The van der Waals surface area contributed by atoms with E-state index in [2.05, 4.69) is 15.3 Å². The van der Waals surface area contributed by atoms with E-state index < -0.39 is 5.60 Å². The van der Waals surface area contributed by atoms with Crippen molar-refractivity contribution in [3.63, 3.8) is 0 Å². The summed E-state index contributed by atoms with van der Waals surface area (Å²) in [6.45, 7) is 6.86. The Kier molecular flexibility index (Phi) is 6.19. The lowest BCUT2D eigenvalue weighted by Crippen LogP contribution is -2.44. The van der Waals surface area contributed by atoms with Crippen LogP contribution in [0.1, 0.15) is 33.6 Å². The number of aromatic nitrogens is 2. The Morgan fingerprint density at radius 2 is 1.94 bits per heavy atom. The van der Waals surface area contributed by atoms with Gasteiger partial charge in [-0.1, -0.05) is 17.7 Å². The lowest BCUT2D eigenvalue weighted by Gasteiger charge is -2.33. The van der Waals surface area contributed by atoms with Crippen LogP contribution in [0.4, 0.5) is 16.3 Å². The van der Waals surface area contributed by atoms with Gasteiger partial charge in [0.25, 0.3) is 0 Å². The number of hydrogen-bond donors (Lipinski definition) is 1. The topological polar surface area (TPSA) is 95.0 Å². The SMILES string of the molecule is CC(C)(C)OC(=O)N1CCC(Oc2cccc3ncnc(Nc4c(Cl)ccc5c4OCO5)c23)CC1. The summed E-state index contributed by atoms with van der Waals surface area (Å²) in [6.07, 6.45) is 2.51. The highest BCUT2D eigenvalue weighted by molar-refractivity contribution is 6.34. The fourth-order valence-corrected chi connectivity index (χ4v) is 4.31. The monoisotopic (exact) mass is 498 g/mol. The van der Waals surface area contributed by atoms with E-state index in [0.717, 1.165) is 10.9 Å². The molecule has 0 spiro atoms. The highest BCUT2D eigenvalue weighted by Gasteiger charge is 2.28. The van der Waals surface area contributed by atoms with E-state index in [1.165, 1.54) is 6.33 Å². The molecular weight excluding hydrogens is 472 g/mol. The summed E-state index contributed by atoms with van der Waals surface area (Å²) < 4.78 is 23.0. The molecule has 0 saturated carbocycles. The summed E-state index contributed by atoms with van der Waals surface area (Å²) in [7, 11) is 0. The Morgan fingerprint density at radius 1 is 1.14 bits per heavy atom. The van der Waals surface area contributed by atoms with E-state index in [4.69, 9.17) is 30.5 Å². The maximum Gasteiger partial charge on any atom is 0.410 e. The first-order valence-electron chi connectivity index (χ1n) is 11.5. The van der Waals surface area contributed by atoms with E-state index >= 15 is 0 Å². The van der Waals surface area contributed by atoms with Crippen LogP contribution in [-0.2, 0) is 4.74 Å². The molecule has 1 fully saturated rings. The van der Waals surface area contributed by atoms with Gasteiger partial charge in [0, 0.05) is 25.9 Å². The molecule has 1 saturated heterocycles. The summed E-state index contributed by atoms with van der Waals surface area (Å²) in [5.74, 6) is 2.35. The first-order valence-corrected chi connectivity index (χ1v) is 11.9. The average Bonchev–Trinajstić information content (AvgIpc) is 3.30. The van der Waals surface area contributed by atoms with Crippen LogP contribution in [0.15, 0.2) is 36.7 Å². The molecule has 2 aromatic carbocycles. The van der Waals surface area contributed by atoms with Crippen LogP contribution >= 0.6 is 11.6 Å². The lowest BCUT2D eigenvalue weighted by molar-refractivity contribution is 0.0128. The Morgan fingerprint density at radius 3 is 2.71 bits per heavy atom. The second kappa shape index (κ2) is 9.30. The van der Waals surface area contributed by atoms with E-state index in [1.54, 1.807) is 17.0 Å². The van der Waals surface area contributed by atoms with Gasteiger partial charge in [0.2, 0.25) is 6.79 Å². The summed E-state index contributed by atoms with van der Waals surface area (Å²) >= 11 is 6.47. The van der Waals surface area contributed by atoms with Gasteiger partial charge in [-0.2, -0.15) is 0 Å². The van der Waals surface area contributed by atoms with Crippen molar-refractivity contribution < 1.29 is 23.7 Å². The summed E-state index contributed by atoms with van der Waals surface area (Å²) in [6, 6.07) is 9.21. The Balaban J connectivity index is 1.36. The number of nitrogens with zero attached hydrogens (tertiary/aromatic N) is 3. The number of benzene rings is 2. The van der Waals surface area contributed by atoms with Crippen LogP contribution in [0.5, 0.6) is 17.2 Å². The maximum absolute atomic E-state index is 12.4. The fourth-order valence-electron chi connectivity index (χ4n) is 4.12. The van der Waals surface area contributed by atoms with Crippen molar-refractivity contribution in [3.8, 4) is 17.2 Å². The van der Waals surface area contributed by atoms with E-state index in [9.17, 15) is 4.79 Å². The van der Waals surface area contributed by atoms with Gasteiger partial charge in [-0.3, -0.25) is 0 Å². The molecule has 10 heteroatoms. The molecule has 1 N–H and O–H groups in total. The minimum atomic E-state index is -0.518. The molecule has 0 aliphatic carbocycles. The molecule has 0 unspecified atom stereocenters. The average molecular weight is 499 g/mol. The normalized spacial score (nSPS) is 15.8. The smallest absolute Gasteiger partial charge is 0.410 e. The minimum absolute atomic E-state index is 0.0614. The number of carbonyl (C=O) groups excluding carboxylic acids is 1. The first-order chi connectivity index (χ1) is 16.8. The number of fused-ring (bicyclic) bond motifs is 2. The number of likely N-dealkylation sites (tertiary alicyclic amines) is 1. The predicted molar refractivity (Wildman–Crippen MR) is 132 cm³/mol. The molecule has 1 amide bonds. The molecule has 3 aromatic rings. The largest absolute Gasteiger partial charge is 0.489 e. The van der Waals surface area contributed by atoms with Crippen molar-refractivity contribution in [2.75, 3.05) is 25.2 Å². The van der Waals surface area contributed by atoms with Crippen LogP contribution in [0.3, 0.4) is 0 Å². The quantitative estimate of drug-likeness (QED) is 0.501. The van der Waals surface area contributed by atoms with Gasteiger partial charge < -0.3 is 29.2 Å². The molecule has 0 atom stereocenters. The molecule has 0 radical (unpaired) electrons. The molecule has 35 heavy (non-hydrogen) atoms. The molecular formula is C25H27ClN4O5. The number of carbonyl (C=O) groups is 1. The number of nitrogens with one attached hydrogen (secondary N) is 1. The molecule has 2 aliphatic heterocycles. The van der Waals surface area contributed by atoms with Gasteiger partial charge in [0.15, 0.2) is 11.5 Å². The van der Waals surface area contributed by atoms with Gasteiger partial charge in [-0.05, 0) is 45.0 Å². The minimum Gasteiger partial charge on any atom is -0.489 e. The van der Waals surface area contributed by atoms with E-state index in [1.807, 2.05) is 39.0 Å². The van der Waals surface area contributed by atoms with Crippen molar-refractivity contribution >= 4 is 40.1 Å². The van der Waals surface area contributed by atoms with Gasteiger partial charge in [0.1, 0.15) is 35.3 Å². The standard InChI is InChI=1S/C25H27ClN4O5/c1-25(2,3)35-24(31)30-11-9-15(10-12-30)34-18-6-4-5-17-20(18)23(28-13-27-17)29-21-16(26)7-8-19-22(21)33-14-32-19/h4-8,13,15H,9-12,14H2,1-3H3,(H,27,28,29). The number of anilines is 2. The van der Waals surface area contributed by atoms with Crippen LogP contribution < -0.4 is 19.5 Å². The van der Waals surface area contributed by atoms with Crippen molar-refractivity contribution in [2.45, 2.75) is 45.3 Å². The van der Waals surface area contributed by atoms with Crippen LogP contribution in [0, 0.1) is 0 Å². The number of ether oxygens (including phenoxy) is 4. The zero-order valence-electron chi connectivity index (χ0n) is 19.8. The number of piperidine rings is 1. The number of hydrogen-bond acceptors (Lipinski definition) is 8. The summed E-state index contributed by atoms with van der Waals surface area (Å²) in [5, 5.41) is 4.51. The third-order valence-corrected chi connectivity index (χ3v) is 6.06. The third kappa shape index (κ3) is 5.00. The maximum atomic E-state index is 12.4. The van der Waals surface area contributed by atoms with Gasteiger partial charge >= 0.3 is 6.09 Å². The second-order valence-corrected chi connectivity index (χ2v) is 9.85. The predicted octanol–water partition coefficient (Wildman–Crippen LogP) is 5.53. The van der Waals surface area contributed by atoms with Gasteiger partial charge in [-0.15, -0.1) is 0 Å². The first kappa shape index (κ1) is 23.3. The molecule has 9 nitrogen and oxygen atoms in total. The van der Waals surface area contributed by atoms with Gasteiger partial charge in [-0.25, -0.2) is 14.8 Å². The summed E-state index contributed by atoms with van der Waals surface area (Å²) in [5.41, 5.74) is 0.782. The van der Waals surface area contributed by atoms with Gasteiger partial charge in [0.05, 0.1) is 15.9 Å². The van der Waals surface area contributed by atoms with E-state index in [-0.39, 0.29) is 19.0 Å². The van der Waals surface area contributed by atoms with Crippen molar-refractivity contribution in [1.29, 1.82) is 0 Å². The highest BCUT2D eigenvalue weighted by atomic mass is 35.5. The fraction of sp³-hybridized carbons (Fsp3) is 0.400. The van der Waals surface area contributed by atoms with E-state index in [0.29, 0.717) is 59.7 Å². The lowest BCUT2D eigenvalue weighted by atomic mass is 10.1. The third-order valence-electron chi connectivity index (χ3n) is 5.74. The number of rotatable bonds is 4. The van der Waals surface area contributed by atoms with Crippen molar-refractivity contribution in [1.82, 2.24) is 14.9 Å². The van der Waals surface area contributed by atoms with Crippen LogP contribution in [-0.4, -0.2) is 52.5 Å². The Bertz CT molecular complexity index is 1250. The van der Waals surface area contributed by atoms with Crippen LogP contribution in [0.2, 0.25) is 5.02 Å². The van der Waals surface area contributed by atoms with Crippen LogP contribution in [0.25, 0.3) is 10.9 Å². The molecule has 2 aliphatic rings. The number of amides is 1. The number of halogens is 1. The zero-order chi connectivity index (χ0) is 24.6.